The van der Waals surface area contributed by atoms with E-state index in [1.807, 2.05) is 31.2 Å². The summed E-state index contributed by atoms with van der Waals surface area (Å²) in [5.41, 5.74) is 2.65. The molecule has 1 N–H and O–H groups in total. The summed E-state index contributed by atoms with van der Waals surface area (Å²) in [6.07, 6.45) is 0. The molecule has 0 aliphatic carbocycles. The molecule has 126 valence electrons. The van der Waals surface area contributed by atoms with Gasteiger partial charge in [0, 0.05) is 22.1 Å². The molecule has 2 aromatic carbocycles. The fourth-order valence-electron chi connectivity index (χ4n) is 2.69. The summed E-state index contributed by atoms with van der Waals surface area (Å²) in [5, 5.41) is 10.3. The summed E-state index contributed by atoms with van der Waals surface area (Å²) < 4.78 is 10.7. The van der Waals surface area contributed by atoms with Crippen LogP contribution in [-0.2, 0) is 5.75 Å². The standard InChI is InChI=1S/C19H15NO4S/c1-11-2-4-13(5-3-11)25-9-16-14(19(21)22)6-12-7-17-18(24-10-23-17)8-15(12)20-16/h2-8H,9-10H2,1H3,(H,21,22). The highest BCUT2D eigenvalue weighted by molar-refractivity contribution is 7.98. The molecule has 0 unspecified atom stereocenters. The van der Waals surface area contributed by atoms with Crippen LogP contribution < -0.4 is 9.47 Å². The van der Waals surface area contributed by atoms with Crippen LogP contribution in [-0.4, -0.2) is 22.9 Å². The maximum Gasteiger partial charge on any atom is 0.337 e. The Morgan fingerprint density at radius 3 is 2.60 bits per heavy atom. The van der Waals surface area contributed by atoms with Crippen LogP contribution in [0, 0.1) is 6.92 Å². The number of pyridine rings is 1. The number of thioether (sulfide) groups is 1. The molecule has 2 heterocycles. The number of hydrogen-bond acceptors (Lipinski definition) is 5. The van der Waals surface area contributed by atoms with Gasteiger partial charge in [0.15, 0.2) is 11.5 Å². The lowest BCUT2D eigenvalue weighted by atomic mass is 10.1. The second-order valence-corrected chi connectivity index (χ2v) is 6.84. The molecule has 0 amide bonds. The van der Waals surface area contributed by atoms with Crippen LogP contribution in [0.5, 0.6) is 11.5 Å². The number of hydrogen-bond donors (Lipinski definition) is 1. The van der Waals surface area contributed by atoms with Gasteiger partial charge in [0.1, 0.15) is 0 Å². The lowest BCUT2D eigenvalue weighted by Crippen LogP contribution is -2.04. The molecule has 0 saturated heterocycles. The van der Waals surface area contributed by atoms with Crippen molar-refractivity contribution in [1.82, 2.24) is 4.98 Å². The molecule has 0 radical (unpaired) electrons. The summed E-state index contributed by atoms with van der Waals surface area (Å²) in [6, 6.07) is 13.3. The predicted molar refractivity (Wildman–Crippen MR) is 95.6 cm³/mol. The first kappa shape index (κ1) is 15.8. The van der Waals surface area contributed by atoms with Crippen molar-refractivity contribution < 1.29 is 19.4 Å². The Kier molecular flexibility index (Phi) is 3.97. The predicted octanol–water partition coefficient (Wildman–Crippen LogP) is 4.26. The highest BCUT2D eigenvalue weighted by Gasteiger charge is 2.18. The second kappa shape index (κ2) is 6.29. The summed E-state index contributed by atoms with van der Waals surface area (Å²) in [7, 11) is 0. The zero-order chi connectivity index (χ0) is 17.4. The molecule has 3 aromatic rings. The Morgan fingerprint density at radius 2 is 1.88 bits per heavy atom. The maximum atomic E-state index is 11.6. The summed E-state index contributed by atoms with van der Waals surface area (Å²) in [5.74, 6) is 0.758. The monoisotopic (exact) mass is 353 g/mol. The van der Waals surface area contributed by atoms with E-state index in [0.717, 1.165) is 10.3 Å². The highest BCUT2D eigenvalue weighted by Crippen LogP contribution is 2.36. The van der Waals surface area contributed by atoms with Crippen molar-refractivity contribution in [2.24, 2.45) is 0 Å². The van der Waals surface area contributed by atoms with E-state index in [9.17, 15) is 9.90 Å². The van der Waals surface area contributed by atoms with Crippen LogP contribution in [0.3, 0.4) is 0 Å². The van der Waals surface area contributed by atoms with Crippen molar-refractivity contribution in [2.75, 3.05) is 6.79 Å². The SMILES string of the molecule is Cc1ccc(SCc2nc3cc4c(cc3cc2C(=O)O)OCO4)cc1. The Hall–Kier alpha value is -2.73. The molecule has 25 heavy (non-hydrogen) atoms. The van der Waals surface area contributed by atoms with Crippen molar-refractivity contribution in [3.05, 3.63) is 59.3 Å². The Balaban J connectivity index is 1.70. The second-order valence-electron chi connectivity index (χ2n) is 5.79. The number of ether oxygens (including phenoxy) is 2. The smallest absolute Gasteiger partial charge is 0.337 e. The molecule has 4 rings (SSSR count). The first-order valence-corrected chi connectivity index (χ1v) is 8.75. The Morgan fingerprint density at radius 1 is 1.16 bits per heavy atom. The minimum Gasteiger partial charge on any atom is -0.478 e. The van der Waals surface area contributed by atoms with Crippen molar-refractivity contribution in [1.29, 1.82) is 0 Å². The zero-order valence-corrected chi connectivity index (χ0v) is 14.3. The first-order chi connectivity index (χ1) is 12.1. The van der Waals surface area contributed by atoms with Gasteiger partial charge in [0.05, 0.1) is 16.8 Å². The molecule has 1 aromatic heterocycles. The first-order valence-electron chi connectivity index (χ1n) is 7.76. The third-order valence-corrected chi connectivity index (χ3v) is 5.04. The quantitative estimate of drug-likeness (QED) is 0.707. The van der Waals surface area contributed by atoms with Gasteiger partial charge in [-0.3, -0.25) is 4.98 Å². The van der Waals surface area contributed by atoms with E-state index in [1.165, 1.54) is 5.56 Å². The molecule has 0 saturated carbocycles. The third kappa shape index (κ3) is 3.13. The van der Waals surface area contributed by atoms with Gasteiger partial charge in [-0.15, -0.1) is 11.8 Å². The zero-order valence-electron chi connectivity index (χ0n) is 13.5. The van der Waals surface area contributed by atoms with Gasteiger partial charge in [0.25, 0.3) is 0 Å². The number of fused-ring (bicyclic) bond motifs is 2. The third-order valence-electron chi connectivity index (χ3n) is 4.01. The van der Waals surface area contributed by atoms with Gasteiger partial charge in [-0.25, -0.2) is 4.79 Å². The molecular weight excluding hydrogens is 338 g/mol. The molecule has 6 heteroatoms. The number of aromatic nitrogens is 1. The van der Waals surface area contributed by atoms with E-state index in [0.29, 0.717) is 28.5 Å². The van der Waals surface area contributed by atoms with Crippen LogP contribution in [0.1, 0.15) is 21.6 Å². The van der Waals surface area contributed by atoms with Gasteiger partial charge < -0.3 is 14.6 Å². The molecule has 0 spiro atoms. The number of carboxylic acids is 1. The number of nitrogens with zero attached hydrogens (tertiary/aromatic N) is 1. The molecule has 1 aliphatic heterocycles. The molecule has 0 bridgehead atoms. The number of aryl methyl sites for hydroxylation is 1. The van der Waals surface area contributed by atoms with Gasteiger partial charge >= 0.3 is 5.97 Å². The lowest BCUT2D eigenvalue weighted by molar-refractivity contribution is 0.0695. The minimum absolute atomic E-state index is 0.174. The van der Waals surface area contributed by atoms with Crippen molar-refractivity contribution in [3.63, 3.8) is 0 Å². The molecule has 0 atom stereocenters. The highest BCUT2D eigenvalue weighted by atomic mass is 32.2. The molecule has 5 nitrogen and oxygen atoms in total. The van der Waals surface area contributed by atoms with Gasteiger partial charge in [-0.1, -0.05) is 17.7 Å². The molecule has 1 aliphatic rings. The van der Waals surface area contributed by atoms with Crippen LogP contribution >= 0.6 is 11.8 Å². The number of aromatic carboxylic acids is 1. The van der Waals surface area contributed by atoms with E-state index < -0.39 is 5.97 Å². The van der Waals surface area contributed by atoms with E-state index >= 15 is 0 Å². The average molecular weight is 353 g/mol. The Bertz CT molecular complexity index is 969. The average Bonchev–Trinajstić information content (AvgIpc) is 3.05. The van der Waals surface area contributed by atoms with Crippen LogP contribution in [0.4, 0.5) is 0 Å². The maximum absolute atomic E-state index is 11.6. The number of benzene rings is 2. The van der Waals surface area contributed by atoms with E-state index in [1.54, 1.807) is 30.0 Å². The largest absolute Gasteiger partial charge is 0.478 e. The van der Waals surface area contributed by atoms with Crippen LogP contribution in [0.2, 0.25) is 0 Å². The van der Waals surface area contributed by atoms with Crippen molar-refractivity contribution in [2.45, 2.75) is 17.6 Å². The topological polar surface area (TPSA) is 68.7 Å². The fraction of sp³-hybridized carbons (Fsp3) is 0.158. The summed E-state index contributed by atoms with van der Waals surface area (Å²) in [6.45, 7) is 2.21. The van der Waals surface area contributed by atoms with Gasteiger partial charge in [-0.05, 0) is 31.2 Å². The lowest BCUT2D eigenvalue weighted by Gasteiger charge is -2.09. The molecular formula is C19H15NO4S. The van der Waals surface area contributed by atoms with E-state index in [-0.39, 0.29) is 12.4 Å². The minimum atomic E-state index is -0.980. The van der Waals surface area contributed by atoms with E-state index in [2.05, 4.69) is 4.98 Å². The summed E-state index contributed by atoms with van der Waals surface area (Å²) >= 11 is 1.57. The summed E-state index contributed by atoms with van der Waals surface area (Å²) in [4.78, 5) is 17.3. The van der Waals surface area contributed by atoms with Crippen LogP contribution in [0.15, 0.2) is 47.4 Å². The fourth-order valence-corrected chi connectivity index (χ4v) is 3.54. The van der Waals surface area contributed by atoms with Crippen molar-refractivity contribution >= 4 is 28.6 Å². The number of rotatable bonds is 4. The number of carbonyl (C=O) groups is 1. The van der Waals surface area contributed by atoms with Crippen LogP contribution in [0.25, 0.3) is 10.9 Å². The van der Waals surface area contributed by atoms with Crippen molar-refractivity contribution in [3.8, 4) is 11.5 Å². The van der Waals surface area contributed by atoms with Gasteiger partial charge in [-0.2, -0.15) is 0 Å². The number of carboxylic acid groups (broad SMARTS) is 1. The van der Waals surface area contributed by atoms with E-state index in [4.69, 9.17) is 9.47 Å². The van der Waals surface area contributed by atoms with Gasteiger partial charge in [0.2, 0.25) is 6.79 Å². The molecule has 0 fully saturated rings. The normalized spacial score (nSPS) is 12.5. The Labute approximate surface area is 148 Å².